The predicted octanol–water partition coefficient (Wildman–Crippen LogP) is 3.68. The molecule has 1 aromatic carbocycles. The van der Waals surface area contributed by atoms with Crippen LogP contribution < -0.4 is 0 Å². The highest BCUT2D eigenvalue weighted by atomic mass is 16.3. The summed E-state index contributed by atoms with van der Waals surface area (Å²) in [4.78, 5) is 0. The first-order chi connectivity index (χ1) is 9.99. The summed E-state index contributed by atoms with van der Waals surface area (Å²) in [6, 6.07) is 6.66. The summed E-state index contributed by atoms with van der Waals surface area (Å²) < 4.78 is 1.95. The van der Waals surface area contributed by atoms with Crippen LogP contribution in [0.1, 0.15) is 50.3 Å². The van der Waals surface area contributed by atoms with E-state index >= 15 is 0 Å². The summed E-state index contributed by atoms with van der Waals surface area (Å²) >= 11 is 0. The lowest BCUT2D eigenvalue weighted by Crippen LogP contribution is -2.22. The summed E-state index contributed by atoms with van der Waals surface area (Å²) in [5.41, 5.74) is 5.80. The van der Waals surface area contributed by atoms with Crippen molar-refractivity contribution in [3.05, 3.63) is 41.1 Å². The minimum atomic E-state index is -0.0730. The van der Waals surface area contributed by atoms with E-state index in [-0.39, 0.29) is 12.1 Å². The third-order valence-corrected chi connectivity index (χ3v) is 4.27. The van der Waals surface area contributed by atoms with E-state index in [9.17, 15) is 5.11 Å². The standard InChI is InChI=1S/C18H24N2O/c1-18(2,3)20-11-16(12-21)17(19-20)15-9-8-13-6-4-5-7-14(13)10-15/h8-11,21H,4-7,12H2,1-3H3. The molecule has 3 nitrogen and oxygen atoms in total. The van der Waals surface area contributed by atoms with E-state index < -0.39 is 0 Å². The van der Waals surface area contributed by atoms with Gasteiger partial charge in [-0.15, -0.1) is 0 Å². The van der Waals surface area contributed by atoms with E-state index in [1.165, 1.54) is 30.4 Å². The Hall–Kier alpha value is -1.61. The van der Waals surface area contributed by atoms with Crippen molar-refractivity contribution >= 4 is 0 Å². The third-order valence-electron chi connectivity index (χ3n) is 4.27. The lowest BCUT2D eigenvalue weighted by atomic mass is 9.89. The van der Waals surface area contributed by atoms with Crippen molar-refractivity contribution in [1.29, 1.82) is 0 Å². The summed E-state index contributed by atoms with van der Waals surface area (Å²) in [6.45, 7) is 6.40. The smallest absolute Gasteiger partial charge is 0.0978 e. The number of nitrogens with zero attached hydrogens (tertiary/aromatic N) is 2. The monoisotopic (exact) mass is 284 g/mol. The van der Waals surface area contributed by atoms with Crippen molar-refractivity contribution in [2.24, 2.45) is 0 Å². The number of hydrogen-bond donors (Lipinski definition) is 1. The molecule has 0 saturated carbocycles. The molecule has 0 aliphatic heterocycles. The molecule has 0 radical (unpaired) electrons. The number of aliphatic hydroxyl groups is 1. The van der Waals surface area contributed by atoms with Gasteiger partial charge in [0.25, 0.3) is 0 Å². The van der Waals surface area contributed by atoms with Crippen molar-refractivity contribution < 1.29 is 5.11 Å². The van der Waals surface area contributed by atoms with Crippen LogP contribution in [-0.2, 0) is 25.0 Å². The fraction of sp³-hybridized carbons (Fsp3) is 0.500. The number of aromatic nitrogens is 2. The lowest BCUT2D eigenvalue weighted by molar-refractivity contribution is 0.281. The van der Waals surface area contributed by atoms with E-state index in [0.29, 0.717) is 0 Å². The van der Waals surface area contributed by atoms with Crippen LogP contribution in [0.4, 0.5) is 0 Å². The summed E-state index contributed by atoms with van der Waals surface area (Å²) in [7, 11) is 0. The van der Waals surface area contributed by atoms with Crippen molar-refractivity contribution in [1.82, 2.24) is 9.78 Å². The molecule has 0 saturated heterocycles. The molecule has 1 aliphatic rings. The van der Waals surface area contributed by atoms with Crippen molar-refractivity contribution in [2.75, 3.05) is 0 Å². The van der Waals surface area contributed by atoms with Crippen LogP contribution in [0.5, 0.6) is 0 Å². The fourth-order valence-corrected chi connectivity index (χ4v) is 2.99. The molecular formula is C18H24N2O. The largest absolute Gasteiger partial charge is 0.392 e. The second kappa shape index (κ2) is 5.30. The van der Waals surface area contributed by atoms with Gasteiger partial charge in [-0.3, -0.25) is 4.68 Å². The molecule has 1 heterocycles. The Kier molecular flexibility index (Phi) is 3.62. The van der Waals surface area contributed by atoms with Gasteiger partial charge in [-0.25, -0.2) is 0 Å². The average Bonchev–Trinajstić information content (AvgIpc) is 2.91. The van der Waals surface area contributed by atoms with Gasteiger partial charge in [-0.2, -0.15) is 5.10 Å². The van der Waals surface area contributed by atoms with Gasteiger partial charge in [-0.1, -0.05) is 12.1 Å². The number of aliphatic hydroxyl groups excluding tert-OH is 1. The van der Waals surface area contributed by atoms with E-state index in [4.69, 9.17) is 5.10 Å². The van der Waals surface area contributed by atoms with Gasteiger partial charge in [0, 0.05) is 17.3 Å². The number of aryl methyl sites for hydroxylation is 2. The molecule has 3 heteroatoms. The molecule has 3 rings (SSSR count). The van der Waals surface area contributed by atoms with Gasteiger partial charge in [0.15, 0.2) is 0 Å². The first-order valence-corrected chi connectivity index (χ1v) is 7.81. The van der Waals surface area contributed by atoms with Gasteiger partial charge < -0.3 is 5.11 Å². The van der Waals surface area contributed by atoms with Gasteiger partial charge in [0.2, 0.25) is 0 Å². The molecular weight excluding hydrogens is 260 g/mol. The highest BCUT2D eigenvalue weighted by Gasteiger charge is 2.19. The normalized spacial score (nSPS) is 15.0. The summed E-state index contributed by atoms with van der Waals surface area (Å²) in [6.07, 6.45) is 6.90. The number of fused-ring (bicyclic) bond motifs is 1. The zero-order valence-corrected chi connectivity index (χ0v) is 13.2. The van der Waals surface area contributed by atoms with Crippen LogP contribution in [0.25, 0.3) is 11.3 Å². The molecule has 0 unspecified atom stereocenters. The quantitative estimate of drug-likeness (QED) is 0.913. The highest BCUT2D eigenvalue weighted by Crippen LogP contribution is 2.29. The van der Waals surface area contributed by atoms with Crippen molar-refractivity contribution in [2.45, 2.75) is 58.6 Å². The molecule has 1 N–H and O–H groups in total. The van der Waals surface area contributed by atoms with Gasteiger partial charge in [0.1, 0.15) is 0 Å². The van der Waals surface area contributed by atoms with Crippen molar-refractivity contribution in [3.63, 3.8) is 0 Å². The van der Waals surface area contributed by atoms with Crippen molar-refractivity contribution in [3.8, 4) is 11.3 Å². The average molecular weight is 284 g/mol. The fourth-order valence-electron chi connectivity index (χ4n) is 2.99. The van der Waals surface area contributed by atoms with E-state index in [1.807, 2.05) is 10.9 Å². The van der Waals surface area contributed by atoms with Gasteiger partial charge >= 0.3 is 0 Å². The number of rotatable bonds is 2. The lowest BCUT2D eigenvalue weighted by Gasteiger charge is -2.19. The van der Waals surface area contributed by atoms with Crippen LogP contribution in [0.2, 0.25) is 0 Å². The Balaban J connectivity index is 2.05. The number of benzene rings is 1. The Labute approximate surface area is 126 Å². The van der Waals surface area contributed by atoms with E-state index in [0.717, 1.165) is 23.2 Å². The molecule has 21 heavy (non-hydrogen) atoms. The van der Waals surface area contributed by atoms with E-state index in [1.54, 1.807) is 0 Å². The van der Waals surface area contributed by atoms with Crippen LogP contribution in [0.15, 0.2) is 24.4 Å². The molecule has 2 aromatic rings. The second-order valence-electron chi connectivity index (χ2n) is 6.97. The maximum atomic E-state index is 9.64. The predicted molar refractivity (Wildman–Crippen MR) is 85.2 cm³/mol. The summed E-state index contributed by atoms with van der Waals surface area (Å²) in [5, 5.41) is 14.4. The molecule has 1 aromatic heterocycles. The molecule has 0 spiro atoms. The topological polar surface area (TPSA) is 38.0 Å². The Bertz CT molecular complexity index is 650. The maximum absolute atomic E-state index is 9.64. The Morgan fingerprint density at radius 3 is 2.52 bits per heavy atom. The Morgan fingerprint density at radius 2 is 1.86 bits per heavy atom. The van der Waals surface area contributed by atoms with Crippen LogP contribution in [0.3, 0.4) is 0 Å². The van der Waals surface area contributed by atoms with Crippen LogP contribution in [0, 0.1) is 0 Å². The number of hydrogen-bond acceptors (Lipinski definition) is 2. The van der Waals surface area contributed by atoms with Gasteiger partial charge in [0.05, 0.1) is 17.8 Å². The molecule has 0 atom stereocenters. The third kappa shape index (κ3) is 2.75. The zero-order valence-electron chi connectivity index (χ0n) is 13.2. The van der Waals surface area contributed by atoms with Crippen LogP contribution in [-0.4, -0.2) is 14.9 Å². The highest BCUT2D eigenvalue weighted by molar-refractivity contribution is 5.64. The first-order valence-electron chi connectivity index (χ1n) is 7.81. The van der Waals surface area contributed by atoms with E-state index in [2.05, 4.69) is 39.0 Å². The zero-order chi connectivity index (χ0) is 15.0. The SMILES string of the molecule is CC(C)(C)n1cc(CO)c(-c2ccc3c(c2)CCCC3)n1. The molecule has 112 valence electrons. The van der Waals surface area contributed by atoms with Crippen LogP contribution >= 0.6 is 0 Å². The molecule has 0 fully saturated rings. The maximum Gasteiger partial charge on any atom is 0.0978 e. The minimum Gasteiger partial charge on any atom is -0.392 e. The molecule has 0 amide bonds. The van der Waals surface area contributed by atoms with Gasteiger partial charge in [-0.05, 0) is 63.6 Å². The Morgan fingerprint density at radius 1 is 1.14 bits per heavy atom. The minimum absolute atomic E-state index is 0.0303. The molecule has 0 bridgehead atoms. The molecule has 1 aliphatic carbocycles. The second-order valence-corrected chi connectivity index (χ2v) is 6.97. The summed E-state index contributed by atoms with van der Waals surface area (Å²) in [5.74, 6) is 0. The first kappa shape index (κ1) is 14.3.